The zero-order chi connectivity index (χ0) is 18.8. The van der Waals surface area contributed by atoms with Gasteiger partial charge in [-0.2, -0.15) is 13.2 Å². The molecule has 3 aliphatic rings. The molecular weight excluding hydrogens is 361 g/mol. The minimum Gasteiger partial charge on any atom is -0.454 e. The highest BCUT2D eigenvalue weighted by Gasteiger charge is 2.68. The molecule has 1 saturated heterocycles. The molecule has 0 aromatic heterocycles. The number of para-hydroxylation sites is 1. The first-order valence-electron chi connectivity index (χ1n) is 8.56. The van der Waals surface area contributed by atoms with Crippen molar-refractivity contribution in [1.82, 2.24) is 4.90 Å². The number of hydrogen-bond acceptors (Lipinski definition) is 4. The van der Waals surface area contributed by atoms with E-state index in [4.69, 9.17) is 9.47 Å². The van der Waals surface area contributed by atoms with Gasteiger partial charge in [-0.05, 0) is 24.3 Å². The Labute approximate surface area is 152 Å². The summed E-state index contributed by atoms with van der Waals surface area (Å²) in [4.78, 5) is 15.3. The van der Waals surface area contributed by atoms with E-state index >= 15 is 0 Å². The van der Waals surface area contributed by atoms with Crippen LogP contribution >= 0.6 is 0 Å². The third kappa shape index (κ3) is 2.03. The second-order valence-electron chi connectivity index (χ2n) is 6.76. The number of halogens is 3. The van der Waals surface area contributed by atoms with E-state index in [0.717, 1.165) is 4.90 Å². The van der Waals surface area contributed by atoms with E-state index in [1.54, 1.807) is 36.4 Å². The van der Waals surface area contributed by atoms with E-state index < -0.39 is 24.2 Å². The minimum atomic E-state index is -4.66. The lowest BCUT2D eigenvalue weighted by Gasteiger charge is -2.48. The first kappa shape index (κ1) is 16.3. The summed E-state index contributed by atoms with van der Waals surface area (Å²) < 4.78 is 54.3. The molecule has 0 aliphatic carbocycles. The molecule has 140 valence electrons. The molecule has 0 N–H and O–H groups in total. The van der Waals surface area contributed by atoms with Gasteiger partial charge in [0.15, 0.2) is 11.5 Å². The van der Waals surface area contributed by atoms with Crippen LogP contribution in [0.2, 0.25) is 0 Å². The Morgan fingerprint density at radius 2 is 1.70 bits per heavy atom. The number of hydrogen-bond donors (Lipinski definition) is 0. The van der Waals surface area contributed by atoms with E-state index in [0.29, 0.717) is 11.4 Å². The van der Waals surface area contributed by atoms with Crippen molar-refractivity contribution in [1.29, 1.82) is 0 Å². The van der Waals surface area contributed by atoms with Crippen LogP contribution in [0, 0.1) is 0 Å². The number of rotatable bonds is 1. The molecule has 27 heavy (non-hydrogen) atoms. The van der Waals surface area contributed by atoms with Gasteiger partial charge in [-0.15, -0.1) is 0 Å². The van der Waals surface area contributed by atoms with Gasteiger partial charge in [-0.3, -0.25) is 4.79 Å². The lowest BCUT2D eigenvalue weighted by Crippen LogP contribution is -2.68. The third-order valence-corrected chi connectivity index (χ3v) is 5.50. The van der Waals surface area contributed by atoms with E-state index in [1.165, 1.54) is 11.0 Å². The van der Waals surface area contributed by atoms with Gasteiger partial charge in [0.1, 0.15) is 0 Å². The Morgan fingerprint density at radius 1 is 0.963 bits per heavy atom. The number of fused-ring (bicyclic) bond motifs is 4. The average molecular weight is 376 g/mol. The Bertz CT molecular complexity index is 932. The normalized spacial score (nSPS) is 23.4. The predicted octanol–water partition coefficient (Wildman–Crippen LogP) is 3.19. The highest BCUT2D eigenvalue weighted by molar-refractivity contribution is 5.99. The van der Waals surface area contributed by atoms with Crippen molar-refractivity contribution < 1.29 is 27.4 Å². The maximum Gasteiger partial charge on any atom is 0.431 e. The number of ether oxygens (including phenoxy) is 2. The maximum atomic E-state index is 14.5. The predicted molar refractivity (Wildman–Crippen MR) is 89.9 cm³/mol. The van der Waals surface area contributed by atoms with Crippen LogP contribution in [0.25, 0.3) is 0 Å². The minimum absolute atomic E-state index is 0.00111. The molecule has 1 unspecified atom stereocenters. The van der Waals surface area contributed by atoms with Crippen LogP contribution < -0.4 is 14.4 Å². The van der Waals surface area contributed by atoms with Crippen LogP contribution in [0.4, 0.5) is 18.9 Å². The summed E-state index contributed by atoms with van der Waals surface area (Å²) in [7, 11) is 0. The molecule has 8 heteroatoms. The van der Waals surface area contributed by atoms with Crippen molar-refractivity contribution in [3.8, 4) is 11.5 Å². The van der Waals surface area contributed by atoms with Gasteiger partial charge in [-0.1, -0.05) is 18.2 Å². The molecule has 2 aromatic rings. The molecule has 1 amide bonds. The topological polar surface area (TPSA) is 42.0 Å². The van der Waals surface area contributed by atoms with Gasteiger partial charge >= 0.3 is 6.18 Å². The summed E-state index contributed by atoms with van der Waals surface area (Å²) in [6.07, 6.45) is -5.06. The number of carbonyl (C=O) groups is 1. The quantitative estimate of drug-likeness (QED) is 0.767. The summed E-state index contributed by atoms with van der Waals surface area (Å²) in [6, 6.07) is 11.5. The second-order valence-corrected chi connectivity index (χ2v) is 6.76. The monoisotopic (exact) mass is 376 g/mol. The maximum absolute atomic E-state index is 14.5. The lowest BCUT2D eigenvalue weighted by atomic mass is 9.87. The lowest BCUT2D eigenvalue weighted by molar-refractivity contribution is -0.215. The molecule has 1 atom stereocenters. The number of carbonyl (C=O) groups excluding carboxylic acids is 1. The standard InChI is InChI=1S/C19H15F3N2O3/c20-19(21,22)18-10-14-13(6-7-15-16(14)27-11-26-15)17(25)24(18)9-8-23(18)12-4-2-1-3-5-12/h1-7H,8-11H2. The van der Waals surface area contributed by atoms with Crippen LogP contribution in [-0.4, -0.2) is 42.5 Å². The van der Waals surface area contributed by atoms with E-state index in [9.17, 15) is 18.0 Å². The first-order valence-corrected chi connectivity index (χ1v) is 8.56. The molecule has 0 saturated carbocycles. The summed E-state index contributed by atoms with van der Waals surface area (Å²) in [6.45, 7) is 0.0367. The van der Waals surface area contributed by atoms with E-state index in [2.05, 4.69) is 0 Å². The van der Waals surface area contributed by atoms with Crippen molar-refractivity contribution in [3.05, 3.63) is 53.6 Å². The molecule has 0 bridgehead atoms. The van der Waals surface area contributed by atoms with Gasteiger partial charge in [0.25, 0.3) is 5.91 Å². The van der Waals surface area contributed by atoms with E-state index in [1.807, 2.05) is 0 Å². The molecule has 5 nitrogen and oxygen atoms in total. The first-order chi connectivity index (χ1) is 12.9. The third-order valence-electron chi connectivity index (χ3n) is 5.50. The van der Waals surface area contributed by atoms with E-state index in [-0.39, 0.29) is 36.8 Å². The molecule has 3 heterocycles. The van der Waals surface area contributed by atoms with Gasteiger partial charge in [-0.25, -0.2) is 0 Å². The van der Waals surface area contributed by atoms with Gasteiger partial charge in [0, 0.05) is 36.3 Å². The summed E-state index contributed by atoms with van der Waals surface area (Å²) in [5, 5.41) is 0. The molecule has 3 aliphatic heterocycles. The number of alkyl halides is 3. The van der Waals surface area contributed by atoms with Crippen molar-refractivity contribution in [2.75, 3.05) is 24.8 Å². The molecule has 1 fully saturated rings. The zero-order valence-electron chi connectivity index (χ0n) is 14.1. The smallest absolute Gasteiger partial charge is 0.431 e. The fraction of sp³-hybridized carbons (Fsp3) is 0.316. The number of amides is 1. The number of anilines is 1. The highest BCUT2D eigenvalue weighted by Crippen LogP contribution is 2.52. The fourth-order valence-electron chi connectivity index (χ4n) is 4.33. The SMILES string of the molecule is O=C1c2ccc3c(c2CC2(C(F)(F)F)N1CCN2c1ccccc1)OCO3. The highest BCUT2D eigenvalue weighted by atomic mass is 19.4. The molecule has 5 rings (SSSR count). The zero-order valence-corrected chi connectivity index (χ0v) is 14.1. The number of benzene rings is 2. The van der Waals surface area contributed by atoms with Gasteiger partial charge in [0.05, 0.1) is 0 Å². The molecule has 0 radical (unpaired) electrons. The number of nitrogens with zero attached hydrogens (tertiary/aromatic N) is 2. The largest absolute Gasteiger partial charge is 0.454 e. The van der Waals surface area contributed by atoms with Crippen molar-refractivity contribution in [3.63, 3.8) is 0 Å². The van der Waals surface area contributed by atoms with Crippen molar-refractivity contribution >= 4 is 11.6 Å². The molecule has 2 aromatic carbocycles. The fourth-order valence-corrected chi connectivity index (χ4v) is 4.33. The molecular formula is C19H15F3N2O3. The van der Waals surface area contributed by atoms with Crippen LogP contribution in [-0.2, 0) is 6.42 Å². The average Bonchev–Trinajstić information content (AvgIpc) is 3.27. The van der Waals surface area contributed by atoms with Crippen LogP contribution in [0.3, 0.4) is 0 Å². The van der Waals surface area contributed by atoms with Crippen molar-refractivity contribution in [2.45, 2.75) is 18.3 Å². The van der Waals surface area contributed by atoms with Crippen molar-refractivity contribution in [2.24, 2.45) is 0 Å². The van der Waals surface area contributed by atoms with Gasteiger partial charge in [0.2, 0.25) is 12.5 Å². The van der Waals surface area contributed by atoms with Crippen LogP contribution in [0.15, 0.2) is 42.5 Å². The van der Waals surface area contributed by atoms with Gasteiger partial charge < -0.3 is 19.3 Å². The second kappa shape index (κ2) is 5.31. The summed E-state index contributed by atoms with van der Waals surface area (Å²) >= 11 is 0. The summed E-state index contributed by atoms with van der Waals surface area (Å²) in [5.74, 6) is -0.0223. The summed E-state index contributed by atoms with van der Waals surface area (Å²) in [5.41, 5.74) is -1.52. The Hall–Kier alpha value is -2.90. The Morgan fingerprint density at radius 3 is 2.44 bits per heavy atom. The molecule has 0 spiro atoms. The Balaban J connectivity index is 1.73. The Kier molecular flexibility index (Phi) is 3.20. The van der Waals surface area contributed by atoms with Crippen LogP contribution in [0.5, 0.6) is 11.5 Å². The van der Waals surface area contributed by atoms with Crippen LogP contribution in [0.1, 0.15) is 15.9 Å².